The molecular formula is C25H30N4O2. The second-order valence-electron chi connectivity index (χ2n) is 10.1. The van der Waals surface area contributed by atoms with Crippen LogP contribution in [0, 0.1) is 12.8 Å². The number of carbonyl (C=O) groups is 1. The summed E-state index contributed by atoms with van der Waals surface area (Å²) < 4.78 is 1.93. The summed E-state index contributed by atoms with van der Waals surface area (Å²) in [6, 6.07) is 6.78. The van der Waals surface area contributed by atoms with E-state index in [1.165, 1.54) is 11.1 Å². The predicted molar refractivity (Wildman–Crippen MR) is 118 cm³/mol. The first kappa shape index (κ1) is 19.2. The molecule has 4 aliphatic rings. The SMILES string of the molecule is Cc1cncc(CN2C[C@@H]3C[C@H](C2)c2ccc(C(=O)N4C5CCC4CC5)c(=O)n2C3)c1. The van der Waals surface area contributed by atoms with Crippen molar-refractivity contribution in [1.29, 1.82) is 0 Å². The summed E-state index contributed by atoms with van der Waals surface area (Å²) in [5.41, 5.74) is 3.85. The highest BCUT2D eigenvalue weighted by atomic mass is 16.2. The molecule has 2 aromatic heterocycles. The van der Waals surface area contributed by atoms with E-state index in [0.717, 1.165) is 64.0 Å². The molecule has 31 heavy (non-hydrogen) atoms. The second kappa shape index (κ2) is 7.30. The molecule has 6 heteroatoms. The van der Waals surface area contributed by atoms with Gasteiger partial charge in [-0.15, -0.1) is 0 Å². The van der Waals surface area contributed by atoms with E-state index >= 15 is 0 Å². The van der Waals surface area contributed by atoms with Crippen LogP contribution >= 0.6 is 0 Å². The van der Waals surface area contributed by atoms with Crippen LogP contribution < -0.4 is 5.56 Å². The summed E-state index contributed by atoms with van der Waals surface area (Å²) in [6.45, 7) is 5.65. The van der Waals surface area contributed by atoms with Crippen LogP contribution in [0.5, 0.6) is 0 Å². The van der Waals surface area contributed by atoms with Gasteiger partial charge in [-0.05, 0) is 68.2 Å². The molecule has 0 N–H and O–H groups in total. The number of likely N-dealkylation sites (tertiary alicyclic amines) is 1. The molecule has 0 radical (unpaired) electrons. The number of hydrogen-bond acceptors (Lipinski definition) is 4. The number of nitrogens with zero attached hydrogens (tertiary/aromatic N) is 4. The van der Waals surface area contributed by atoms with Crippen molar-refractivity contribution in [1.82, 2.24) is 19.4 Å². The topological polar surface area (TPSA) is 58.4 Å². The lowest BCUT2D eigenvalue weighted by Gasteiger charge is -2.43. The zero-order valence-corrected chi connectivity index (χ0v) is 18.2. The van der Waals surface area contributed by atoms with Crippen LogP contribution in [0.2, 0.25) is 0 Å². The minimum atomic E-state index is -0.0696. The lowest BCUT2D eigenvalue weighted by molar-refractivity contribution is 0.0724. The summed E-state index contributed by atoms with van der Waals surface area (Å²) >= 11 is 0. The molecule has 6 nitrogen and oxygen atoms in total. The fourth-order valence-corrected chi connectivity index (χ4v) is 6.68. The van der Waals surface area contributed by atoms with Gasteiger partial charge in [0, 0.05) is 62.3 Å². The van der Waals surface area contributed by atoms with Crippen LogP contribution in [0.4, 0.5) is 0 Å². The number of aryl methyl sites for hydroxylation is 1. The van der Waals surface area contributed by atoms with E-state index < -0.39 is 0 Å². The maximum atomic E-state index is 13.4. The highest BCUT2D eigenvalue weighted by Gasteiger charge is 2.43. The summed E-state index contributed by atoms with van der Waals surface area (Å²) in [6.07, 6.45) is 9.37. The normalized spacial score (nSPS) is 29.3. The number of aromatic nitrogens is 2. The van der Waals surface area contributed by atoms with E-state index in [0.29, 0.717) is 29.5 Å². The largest absolute Gasteiger partial charge is 0.333 e. The minimum absolute atomic E-state index is 0.0328. The highest BCUT2D eigenvalue weighted by Crippen LogP contribution is 2.39. The Labute approximate surface area is 182 Å². The zero-order valence-electron chi connectivity index (χ0n) is 18.2. The lowest BCUT2D eigenvalue weighted by atomic mass is 9.82. The Morgan fingerprint density at radius 2 is 1.84 bits per heavy atom. The van der Waals surface area contributed by atoms with Gasteiger partial charge in [-0.1, -0.05) is 6.07 Å². The van der Waals surface area contributed by atoms with Gasteiger partial charge in [0.05, 0.1) is 0 Å². The van der Waals surface area contributed by atoms with Crippen LogP contribution in [0.3, 0.4) is 0 Å². The van der Waals surface area contributed by atoms with Gasteiger partial charge in [-0.3, -0.25) is 19.5 Å². The monoisotopic (exact) mass is 418 g/mol. The molecule has 0 aliphatic carbocycles. The molecule has 3 saturated heterocycles. The lowest BCUT2D eigenvalue weighted by Crippen LogP contribution is -2.48. The fourth-order valence-electron chi connectivity index (χ4n) is 6.68. The average molecular weight is 419 g/mol. The molecule has 4 aliphatic heterocycles. The molecule has 2 atom stereocenters. The van der Waals surface area contributed by atoms with Crippen molar-refractivity contribution in [3.05, 3.63) is 63.3 Å². The Morgan fingerprint density at radius 1 is 1.06 bits per heavy atom. The van der Waals surface area contributed by atoms with Gasteiger partial charge in [-0.2, -0.15) is 0 Å². The fraction of sp³-hybridized carbons (Fsp3) is 0.560. The molecule has 4 bridgehead atoms. The molecule has 6 heterocycles. The number of pyridine rings is 2. The van der Waals surface area contributed by atoms with Crippen molar-refractivity contribution in [2.45, 2.75) is 70.1 Å². The van der Waals surface area contributed by atoms with E-state index in [9.17, 15) is 9.59 Å². The van der Waals surface area contributed by atoms with Crippen LogP contribution in [-0.4, -0.2) is 50.4 Å². The smallest absolute Gasteiger partial charge is 0.263 e. The van der Waals surface area contributed by atoms with Crippen LogP contribution in [0.1, 0.15) is 65.2 Å². The van der Waals surface area contributed by atoms with Crippen molar-refractivity contribution < 1.29 is 4.79 Å². The Morgan fingerprint density at radius 3 is 2.58 bits per heavy atom. The minimum Gasteiger partial charge on any atom is -0.333 e. The van der Waals surface area contributed by atoms with Gasteiger partial charge < -0.3 is 9.47 Å². The molecule has 2 aromatic rings. The van der Waals surface area contributed by atoms with E-state index in [-0.39, 0.29) is 11.5 Å². The molecule has 0 aromatic carbocycles. The van der Waals surface area contributed by atoms with Crippen LogP contribution in [0.15, 0.2) is 35.4 Å². The van der Waals surface area contributed by atoms with Crippen molar-refractivity contribution >= 4 is 5.91 Å². The molecule has 1 amide bonds. The summed E-state index contributed by atoms with van der Waals surface area (Å²) in [5, 5.41) is 0. The third kappa shape index (κ3) is 3.23. The predicted octanol–water partition coefficient (Wildman–Crippen LogP) is 2.94. The molecule has 0 unspecified atom stereocenters. The quantitative estimate of drug-likeness (QED) is 0.769. The number of rotatable bonds is 3. The second-order valence-corrected chi connectivity index (χ2v) is 10.1. The van der Waals surface area contributed by atoms with Crippen molar-refractivity contribution in [2.75, 3.05) is 13.1 Å². The Kier molecular flexibility index (Phi) is 4.53. The third-order valence-corrected chi connectivity index (χ3v) is 7.94. The zero-order chi connectivity index (χ0) is 21.1. The molecule has 0 spiro atoms. The van der Waals surface area contributed by atoms with E-state index in [4.69, 9.17) is 0 Å². The van der Waals surface area contributed by atoms with Crippen LogP contribution in [0.25, 0.3) is 0 Å². The first-order chi connectivity index (χ1) is 15.1. The molecule has 3 fully saturated rings. The number of hydrogen-bond donors (Lipinski definition) is 0. The summed E-state index contributed by atoms with van der Waals surface area (Å²) in [7, 11) is 0. The van der Waals surface area contributed by atoms with Gasteiger partial charge in [0.25, 0.3) is 11.5 Å². The van der Waals surface area contributed by atoms with E-state index in [1.807, 2.05) is 27.9 Å². The Bertz CT molecular complexity index is 1070. The first-order valence-electron chi connectivity index (χ1n) is 11.8. The van der Waals surface area contributed by atoms with Gasteiger partial charge in [0.2, 0.25) is 0 Å². The van der Waals surface area contributed by atoms with Crippen molar-refractivity contribution in [2.24, 2.45) is 5.92 Å². The van der Waals surface area contributed by atoms with Gasteiger partial charge in [0.15, 0.2) is 0 Å². The number of carbonyl (C=O) groups excluding carboxylic acids is 1. The first-order valence-corrected chi connectivity index (χ1v) is 11.8. The molecule has 6 rings (SSSR count). The Balaban J connectivity index is 1.25. The average Bonchev–Trinajstić information content (AvgIpc) is 3.35. The molecular weight excluding hydrogens is 388 g/mol. The van der Waals surface area contributed by atoms with E-state index in [1.54, 1.807) is 0 Å². The summed E-state index contributed by atoms with van der Waals surface area (Å²) in [4.78, 5) is 35.5. The standard InChI is InChI=1S/C25H30N4O2/c1-16-8-17(11-26-10-16)12-27-13-18-9-19(15-27)23-7-6-22(24(30)28(23)14-18)25(31)29-20-2-3-21(29)5-4-20/h6-8,10-11,18-21H,2-5,9,12-15H2,1H3/t18-,19+,20?,21?/m0/s1. The van der Waals surface area contributed by atoms with E-state index in [2.05, 4.69) is 28.9 Å². The summed E-state index contributed by atoms with van der Waals surface area (Å²) in [5.74, 6) is 0.773. The van der Waals surface area contributed by atoms with Gasteiger partial charge in [-0.25, -0.2) is 0 Å². The molecule has 0 saturated carbocycles. The van der Waals surface area contributed by atoms with Crippen LogP contribution in [-0.2, 0) is 13.1 Å². The number of fused-ring (bicyclic) bond motifs is 6. The molecule has 162 valence electrons. The highest BCUT2D eigenvalue weighted by molar-refractivity contribution is 5.94. The maximum absolute atomic E-state index is 13.4. The number of amides is 1. The number of piperidine rings is 1. The van der Waals surface area contributed by atoms with Gasteiger partial charge in [0.1, 0.15) is 5.56 Å². The van der Waals surface area contributed by atoms with Gasteiger partial charge >= 0.3 is 0 Å². The van der Waals surface area contributed by atoms with Crippen molar-refractivity contribution in [3.8, 4) is 0 Å². The Hall–Kier alpha value is -2.47. The third-order valence-electron chi connectivity index (χ3n) is 7.94. The van der Waals surface area contributed by atoms with Crippen molar-refractivity contribution in [3.63, 3.8) is 0 Å². The maximum Gasteiger partial charge on any atom is 0.263 e.